The van der Waals surface area contributed by atoms with Gasteiger partial charge in [0.05, 0.1) is 21.8 Å². The number of hydrogen-bond acceptors (Lipinski definition) is 3. The van der Waals surface area contributed by atoms with Crippen molar-refractivity contribution in [3.8, 4) is 6.07 Å². The molecule has 0 saturated carbocycles. The maximum atomic E-state index is 11.9. The second-order valence-electron chi connectivity index (χ2n) is 3.42. The van der Waals surface area contributed by atoms with Crippen LogP contribution in [0.2, 0.25) is 10.0 Å². The van der Waals surface area contributed by atoms with Crippen molar-refractivity contribution in [1.29, 1.82) is 5.26 Å². The van der Waals surface area contributed by atoms with Crippen LogP contribution < -0.4 is 4.72 Å². The zero-order valence-electron chi connectivity index (χ0n) is 9.25. The first kappa shape index (κ1) is 15.6. The first-order valence-corrected chi connectivity index (χ1v) is 7.97. The van der Waals surface area contributed by atoms with Gasteiger partial charge in [-0.25, -0.2) is 8.42 Å². The normalized spacial score (nSPS) is 12.8. The number of sulfonamides is 1. The fourth-order valence-electron chi connectivity index (χ4n) is 1.23. The van der Waals surface area contributed by atoms with Crippen molar-refractivity contribution < 1.29 is 8.42 Å². The number of rotatable bonds is 4. The second kappa shape index (κ2) is 6.11. The van der Waals surface area contributed by atoms with Crippen LogP contribution in [-0.4, -0.2) is 13.7 Å². The van der Waals surface area contributed by atoms with Crippen LogP contribution in [0.1, 0.15) is 13.3 Å². The average molecular weight is 372 g/mol. The van der Waals surface area contributed by atoms with E-state index in [4.69, 9.17) is 28.5 Å². The van der Waals surface area contributed by atoms with Gasteiger partial charge in [0.2, 0.25) is 10.0 Å². The maximum absolute atomic E-state index is 11.9. The lowest BCUT2D eigenvalue weighted by molar-refractivity contribution is 0.593. The Kier molecular flexibility index (Phi) is 5.29. The van der Waals surface area contributed by atoms with E-state index in [2.05, 4.69) is 20.7 Å². The number of nitrogens with zero attached hydrogens (tertiary/aromatic N) is 1. The van der Waals surface area contributed by atoms with Gasteiger partial charge < -0.3 is 0 Å². The van der Waals surface area contributed by atoms with E-state index in [1.807, 2.05) is 0 Å². The molecule has 0 aliphatic carbocycles. The number of halogens is 3. The van der Waals surface area contributed by atoms with E-state index in [-0.39, 0.29) is 22.2 Å². The minimum Gasteiger partial charge on any atom is -0.279 e. The van der Waals surface area contributed by atoms with Crippen LogP contribution in [0.5, 0.6) is 0 Å². The Morgan fingerprint density at radius 1 is 1.44 bits per heavy atom. The van der Waals surface area contributed by atoms with Crippen molar-refractivity contribution in [2.45, 2.75) is 18.6 Å². The largest absolute Gasteiger partial charge is 0.279 e. The maximum Gasteiger partial charge on any atom is 0.249 e. The minimum absolute atomic E-state index is 0.0789. The van der Waals surface area contributed by atoms with Gasteiger partial charge in [-0.05, 0) is 18.6 Å². The molecule has 0 radical (unpaired) electrons. The Bertz CT molecular complexity index is 575. The van der Waals surface area contributed by atoms with Gasteiger partial charge in [-0.2, -0.15) is 5.26 Å². The lowest BCUT2D eigenvalue weighted by atomic mass is 10.3. The molecule has 18 heavy (non-hydrogen) atoms. The average Bonchev–Trinajstić information content (AvgIpc) is 2.24. The number of nitrogens with one attached hydrogen (secondary N) is 1. The first-order valence-electron chi connectivity index (χ1n) is 4.87. The smallest absolute Gasteiger partial charge is 0.249 e. The lowest BCUT2D eigenvalue weighted by Gasteiger charge is -2.14. The van der Waals surface area contributed by atoms with Crippen LogP contribution in [0.15, 0.2) is 16.6 Å². The van der Waals surface area contributed by atoms with Crippen molar-refractivity contribution in [2.24, 2.45) is 0 Å². The third kappa shape index (κ3) is 3.51. The second-order valence-corrected chi connectivity index (χ2v) is 7.01. The Balaban J connectivity index is 3.17. The molecule has 8 heteroatoms. The summed E-state index contributed by atoms with van der Waals surface area (Å²) in [4.78, 5) is 0. The minimum atomic E-state index is -3.83. The van der Waals surface area contributed by atoms with Crippen LogP contribution in [0.3, 0.4) is 0 Å². The fourth-order valence-corrected chi connectivity index (χ4v) is 3.87. The molecule has 98 valence electrons. The van der Waals surface area contributed by atoms with Crippen LogP contribution in [0.25, 0.3) is 0 Å². The molecular weight excluding hydrogens is 363 g/mol. The van der Waals surface area contributed by atoms with Crippen molar-refractivity contribution in [3.05, 3.63) is 26.7 Å². The Morgan fingerprint density at radius 3 is 2.33 bits per heavy atom. The molecule has 0 aliphatic heterocycles. The quantitative estimate of drug-likeness (QED) is 0.874. The van der Waals surface area contributed by atoms with Gasteiger partial charge in [0.25, 0.3) is 0 Å². The molecular formula is C10H9BrCl2N2O2S. The molecule has 0 amide bonds. The predicted octanol–water partition coefficient (Wildman–Crippen LogP) is 3.80. The molecule has 0 aliphatic rings. The van der Waals surface area contributed by atoms with E-state index >= 15 is 0 Å². The van der Waals surface area contributed by atoms with Crippen molar-refractivity contribution in [1.82, 2.24) is 0 Å². The number of anilines is 1. The molecule has 0 heterocycles. The molecule has 1 rings (SSSR count). The molecule has 4 nitrogen and oxygen atoms in total. The summed E-state index contributed by atoms with van der Waals surface area (Å²) in [5.41, 5.74) is 0.0789. The molecule has 0 saturated heterocycles. The summed E-state index contributed by atoms with van der Waals surface area (Å²) in [6.45, 7) is 1.61. The zero-order valence-corrected chi connectivity index (χ0v) is 13.2. The SMILES string of the molecule is CCC(C#N)S(=O)(=O)Nc1c(Cl)cc(Br)cc1Cl. The third-order valence-corrected chi connectivity index (χ3v) is 4.87. The number of benzene rings is 1. The van der Waals surface area contributed by atoms with Crippen molar-refractivity contribution in [2.75, 3.05) is 4.72 Å². The van der Waals surface area contributed by atoms with Crippen LogP contribution in [0.4, 0.5) is 5.69 Å². The zero-order chi connectivity index (χ0) is 13.9. The molecule has 1 unspecified atom stereocenters. The summed E-state index contributed by atoms with van der Waals surface area (Å²) in [5.74, 6) is 0. The summed E-state index contributed by atoms with van der Waals surface area (Å²) in [7, 11) is -3.83. The number of hydrogen-bond donors (Lipinski definition) is 1. The van der Waals surface area contributed by atoms with Gasteiger partial charge >= 0.3 is 0 Å². The highest BCUT2D eigenvalue weighted by atomic mass is 79.9. The van der Waals surface area contributed by atoms with Crippen molar-refractivity contribution in [3.63, 3.8) is 0 Å². The van der Waals surface area contributed by atoms with E-state index in [9.17, 15) is 8.42 Å². The molecule has 1 aromatic rings. The van der Waals surface area contributed by atoms with Gasteiger partial charge in [0.15, 0.2) is 5.25 Å². The summed E-state index contributed by atoms with van der Waals surface area (Å²) in [5, 5.41) is 7.95. The summed E-state index contributed by atoms with van der Waals surface area (Å²) in [6, 6.07) is 4.74. The van der Waals surface area contributed by atoms with E-state index in [0.717, 1.165) is 0 Å². The highest BCUT2D eigenvalue weighted by Crippen LogP contribution is 2.34. The Hall–Kier alpha value is -0.480. The topological polar surface area (TPSA) is 70.0 Å². The molecule has 1 N–H and O–H groups in total. The Morgan fingerprint density at radius 2 is 1.94 bits per heavy atom. The van der Waals surface area contributed by atoms with Gasteiger partial charge in [0.1, 0.15) is 0 Å². The van der Waals surface area contributed by atoms with Crippen LogP contribution >= 0.6 is 39.1 Å². The van der Waals surface area contributed by atoms with Gasteiger partial charge in [-0.15, -0.1) is 0 Å². The molecule has 1 aromatic carbocycles. The van der Waals surface area contributed by atoms with Gasteiger partial charge in [-0.1, -0.05) is 46.1 Å². The van der Waals surface area contributed by atoms with E-state index in [0.29, 0.717) is 4.47 Å². The van der Waals surface area contributed by atoms with Crippen LogP contribution in [0, 0.1) is 11.3 Å². The van der Waals surface area contributed by atoms with E-state index in [1.165, 1.54) is 12.1 Å². The molecule has 1 atom stereocenters. The standard InChI is InChI=1S/C10H9BrCl2N2O2S/c1-2-7(5-14)18(16,17)15-10-8(12)3-6(11)4-9(10)13/h3-4,7,15H,2H2,1H3. The van der Waals surface area contributed by atoms with Gasteiger partial charge in [-0.3, -0.25) is 4.72 Å². The monoisotopic (exact) mass is 370 g/mol. The third-order valence-electron chi connectivity index (χ3n) is 2.14. The van der Waals surface area contributed by atoms with Crippen molar-refractivity contribution >= 4 is 54.8 Å². The van der Waals surface area contributed by atoms with Crippen LogP contribution in [-0.2, 0) is 10.0 Å². The summed E-state index contributed by atoms with van der Waals surface area (Å²) >= 11 is 15.0. The first-order chi connectivity index (χ1) is 8.31. The highest BCUT2D eigenvalue weighted by Gasteiger charge is 2.25. The molecule has 0 aromatic heterocycles. The number of nitriles is 1. The predicted molar refractivity (Wildman–Crippen MR) is 76.4 cm³/mol. The van der Waals surface area contributed by atoms with E-state index in [1.54, 1.807) is 13.0 Å². The molecule has 0 spiro atoms. The summed E-state index contributed by atoms with van der Waals surface area (Å²) < 4.78 is 26.7. The lowest BCUT2D eigenvalue weighted by Crippen LogP contribution is -2.26. The fraction of sp³-hybridized carbons (Fsp3) is 0.300. The van der Waals surface area contributed by atoms with Gasteiger partial charge in [0, 0.05) is 4.47 Å². The Labute approximate surface area is 124 Å². The van der Waals surface area contributed by atoms with E-state index < -0.39 is 15.3 Å². The highest BCUT2D eigenvalue weighted by molar-refractivity contribution is 9.10. The molecule has 0 fully saturated rings. The summed E-state index contributed by atoms with van der Waals surface area (Å²) in [6.07, 6.45) is 0.178. The molecule has 0 bridgehead atoms.